The van der Waals surface area contributed by atoms with Gasteiger partial charge in [0.25, 0.3) is 0 Å². The molecule has 0 aliphatic heterocycles. The van der Waals surface area contributed by atoms with E-state index in [0.29, 0.717) is 26.2 Å². The van der Waals surface area contributed by atoms with Crippen LogP contribution < -0.4 is 0 Å². The summed E-state index contributed by atoms with van der Waals surface area (Å²) >= 11 is 0. The number of nitrogens with zero attached hydrogens (tertiary/aromatic N) is 1. The van der Waals surface area contributed by atoms with Crippen molar-refractivity contribution in [1.82, 2.24) is 4.90 Å². The molecule has 4 atom stereocenters. The van der Waals surface area contributed by atoms with Crippen molar-refractivity contribution >= 4 is 6.09 Å². The molecule has 0 aromatic heterocycles. The Morgan fingerprint density at radius 1 is 0.816 bits per heavy atom. The Balaban J connectivity index is 1.78. The highest BCUT2D eigenvalue weighted by Gasteiger charge is 2.49. The number of rotatable bonds is 14. The lowest BCUT2D eigenvalue weighted by atomic mass is 10.1. The Morgan fingerprint density at radius 3 is 1.92 bits per heavy atom. The molecule has 2 aromatic carbocycles. The molecule has 1 aliphatic carbocycles. The van der Waals surface area contributed by atoms with Gasteiger partial charge in [-0.25, -0.2) is 4.79 Å². The van der Waals surface area contributed by atoms with Crippen LogP contribution in [-0.4, -0.2) is 54.6 Å². The Morgan fingerprint density at radius 2 is 1.37 bits per heavy atom. The van der Waals surface area contributed by atoms with Gasteiger partial charge >= 0.3 is 6.09 Å². The molecule has 1 saturated carbocycles. The first-order valence-electron chi connectivity index (χ1n) is 14.2. The summed E-state index contributed by atoms with van der Waals surface area (Å²) in [7, 11) is 1.79. The molecule has 210 valence electrons. The zero-order valence-electron chi connectivity index (χ0n) is 23.9. The highest BCUT2D eigenvalue weighted by molar-refractivity contribution is 5.68. The van der Waals surface area contributed by atoms with Crippen LogP contribution in [0, 0.1) is 0 Å². The van der Waals surface area contributed by atoms with Gasteiger partial charge in [-0.2, -0.15) is 0 Å². The van der Waals surface area contributed by atoms with Crippen molar-refractivity contribution in [2.24, 2.45) is 0 Å². The Bertz CT molecular complexity index is 930. The maximum atomic E-state index is 13.2. The molecule has 0 heterocycles. The lowest BCUT2D eigenvalue weighted by molar-refractivity contribution is -0.0903. The summed E-state index contributed by atoms with van der Waals surface area (Å²) in [5.41, 5.74) is 1.60. The zero-order chi connectivity index (χ0) is 27.4. The van der Waals surface area contributed by atoms with E-state index in [4.69, 9.17) is 18.9 Å². The molecular weight excluding hydrogens is 478 g/mol. The van der Waals surface area contributed by atoms with E-state index < -0.39 is 5.60 Å². The molecule has 0 radical (unpaired) electrons. The Hall–Kier alpha value is -2.41. The number of unbranched alkanes of at least 4 members (excludes halogenated alkanes) is 4. The van der Waals surface area contributed by atoms with Gasteiger partial charge < -0.3 is 23.8 Å². The summed E-state index contributed by atoms with van der Waals surface area (Å²) in [4.78, 5) is 14.9. The van der Waals surface area contributed by atoms with Crippen LogP contribution in [0.15, 0.2) is 60.7 Å². The summed E-state index contributed by atoms with van der Waals surface area (Å²) in [6.07, 6.45) is 5.27. The fourth-order valence-electron chi connectivity index (χ4n) is 4.87. The largest absolute Gasteiger partial charge is 0.444 e. The fraction of sp³-hybridized carbons (Fsp3) is 0.594. The van der Waals surface area contributed by atoms with Gasteiger partial charge in [-0.3, -0.25) is 0 Å². The maximum Gasteiger partial charge on any atom is 0.410 e. The van der Waals surface area contributed by atoms with E-state index in [2.05, 4.69) is 31.2 Å². The van der Waals surface area contributed by atoms with Crippen LogP contribution in [0.4, 0.5) is 4.79 Å². The van der Waals surface area contributed by atoms with Crippen molar-refractivity contribution in [1.29, 1.82) is 0 Å². The molecule has 1 fully saturated rings. The van der Waals surface area contributed by atoms with E-state index in [1.165, 1.54) is 19.3 Å². The van der Waals surface area contributed by atoms with E-state index in [1.54, 1.807) is 11.9 Å². The first-order chi connectivity index (χ1) is 18.3. The topological polar surface area (TPSA) is 57.2 Å². The van der Waals surface area contributed by atoms with Gasteiger partial charge in [0.05, 0.1) is 31.5 Å². The summed E-state index contributed by atoms with van der Waals surface area (Å²) in [6, 6.07) is 19.9. The lowest BCUT2D eigenvalue weighted by Crippen LogP contribution is -2.51. The number of amides is 1. The van der Waals surface area contributed by atoms with Gasteiger partial charge in [0.1, 0.15) is 11.7 Å². The van der Waals surface area contributed by atoms with Gasteiger partial charge in [0, 0.05) is 20.1 Å². The van der Waals surface area contributed by atoms with Gasteiger partial charge in [-0.05, 0) is 38.3 Å². The molecule has 0 spiro atoms. The van der Waals surface area contributed by atoms with Crippen LogP contribution in [0.3, 0.4) is 0 Å². The van der Waals surface area contributed by atoms with E-state index >= 15 is 0 Å². The Kier molecular flexibility index (Phi) is 12.1. The molecule has 6 heteroatoms. The number of hydrogen-bond acceptors (Lipinski definition) is 5. The highest BCUT2D eigenvalue weighted by Crippen LogP contribution is 2.34. The van der Waals surface area contributed by atoms with Crippen molar-refractivity contribution in [3.8, 4) is 0 Å². The van der Waals surface area contributed by atoms with Gasteiger partial charge in [-0.15, -0.1) is 0 Å². The lowest BCUT2D eigenvalue weighted by Gasteiger charge is -2.35. The van der Waals surface area contributed by atoms with Crippen LogP contribution in [0.1, 0.15) is 77.3 Å². The van der Waals surface area contributed by atoms with E-state index in [0.717, 1.165) is 24.0 Å². The normalized spacial score (nSPS) is 21.4. The predicted molar refractivity (Wildman–Crippen MR) is 151 cm³/mol. The third-order valence-electron chi connectivity index (χ3n) is 6.85. The molecule has 0 saturated heterocycles. The van der Waals surface area contributed by atoms with Gasteiger partial charge in [0.15, 0.2) is 0 Å². The van der Waals surface area contributed by atoms with Crippen molar-refractivity contribution in [3.05, 3.63) is 71.8 Å². The number of benzene rings is 2. The van der Waals surface area contributed by atoms with E-state index in [9.17, 15) is 4.79 Å². The molecule has 2 aromatic rings. The highest BCUT2D eigenvalue weighted by atomic mass is 16.6. The number of carbonyl (C=O) groups excluding carboxylic acids is 1. The quantitative estimate of drug-likeness (QED) is 0.245. The molecule has 4 unspecified atom stereocenters. The van der Waals surface area contributed by atoms with Crippen molar-refractivity contribution in [3.63, 3.8) is 0 Å². The third-order valence-corrected chi connectivity index (χ3v) is 6.85. The molecule has 0 N–H and O–H groups in total. The minimum Gasteiger partial charge on any atom is -0.444 e. The van der Waals surface area contributed by atoms with Crippen molar-refractivity contribution in [2.45, 2.75) is 109 Å². The first-order valence-corrected chi connectivity index (χ1v) is 14.2. The third kappa shape index (κ3) is 9.72. The summed E-state index contributed by atoms with van der Waals surface area (Å²) in [6.45, 7) is 9.43. The van der Waals surface area contributed by atoms with E-state index in [-0.39, 0.29) is 30.4 Å². The number of likely N-dealkylation sites (N-methyl/N-ethyl adjacent to an activating group) is 1. The average molecular weight is 526 g/mol. The minimum absolute atomic E-state index is 0.207. The standard InChI is InChI=1S/C32H47NO5/c1-6-7-8-9-16-21-35-30-28(37-24-26-19-14-11-15-20-26)22-27(36-23-25-17-12-10-13-18-25)29(30)33(5)31(34)38-32(2,3)4/h10-15,17-20,27-30H,6-9,16,21-24H2,1-5H3. The molecule has 38 heavy (non-hydrogen) atoms. The molecule has 0 bridgehead atoms. The molecule has 6 nitrogen and oxygen atoms in total. The zero-order valence-corrected chi connectivity index (χ0v) is 23.9. The smallest absolute Gasteiger partial charge is 0.410 e. The minimum atomic E-state index is -0.594. The fourth-order valence-corrected chi connectivity index (χ4v) is 4.87. The average Bonchev–Trinajstić information content (AvgIpc) is 3.25. The van der Waals surface area contributed by atoms with E-state index in [1.807, 2.05) is 57.2 Å². The van der Waals surface area contributed by atoms with Crippen molar-refractivity contribution in [2.75, 3.05) is 13.7 Å². The second-order valence-electron chi connectivity index (χ2n) is 11.2. The van der Waals surface area contributed by atoms with Crippen molar-refractivity contribution < 1.29 is 23.7 Å². The van der Waals surface area contributed by atoms with Crippen LogP contribution in [0.2, 0.25) is 0 Å². The molecule has 3 rings (SSSR count). The number of hydrogen-bond donors (Lipinski definition) is 0. The van der Waals surface area contributed by atoms with Crippen LogP contribution in [-0.2, 0) is 32.2 Å². The summed E-state index contributed by atoms with van der Waals surface area (Å²) in [5.74, 6) is 0. The van der Waals surface area contributed by atoms with Crippen LogP contribution in [0.5, 0.6) is 0 Å². The second kappa shape index (κ2) is 15.2. The van der Waals surface area contributed by atoms with Crippen LogP contribution >= 0.6 is 0 Å². The van der Waals surface area contributed by atoms with Gasteiger partial charge in [-0.1, -0.05) is 93.3 Å². The summed E-state index contributed by atoms with van der Waals surface area (Å²) < 4.78 is 25.2. The molecule has 1 amide bonds. The molecule has 1 aliphatic rings. The maximum absolute atomic E-state index is 13.2. The first kappa shape index (κ1) is 30.1. The van der Waals surface area contributed by atoms with Gasteiger partial charge in [0.2, 0.25) is 0 Å². The summed E-state index contributed by atoms with van der Waals surface area (Å²) in [5, 5.41) is 0. The SMILES string of the molecule is CCCCCCCOC1C(OCc2ccccc2)CC(OCc2ccccc2)C1N(C)C(=O)OC(C)(C)C. The molecular formula is C32H47NO5. The number of carbonyl (C=O) groups is 1. The monoisotopic (exact) mass is 525 g/mol. The second-order valence-corrected chi connectivity index (χ2v) is 11.2. The predicted octanol–water partition coefficient (Wildman–Crippen LogP) is 7.15. The van der Waals surface area contributed by atoms with Crippen LogP contribution in [0.25, 0.3) is 0 Å². The number of ether oxygens (including phenoxy) is 4. The Labute approximate surface area is 229 Å².